The lowest BCUT2D eigenvalue weighted by Gasteiger charge is -2.14. The summed E-state index contributed by atoms with van der Waals surface area (Å²) < 4.78 is 0. The molecule has 2 heterocycles. The lowest BCUT2D eigenvalue weighted by molar-refractivity contribution is -0.140. The number of carbonyl (C=O) groups is 3. The zero-order chi connectivity index (χ0) is 30.6. The van der Waals surface area contributed by atoms with Crippen molar-refractivity contribution in [2.75, 3.05) is 17.6 Å². The van der Waals surface area contributed by atoms with E-state index in [0.717, 1.165) is 6.42 Å². The molecule has 0 aliphatic carbocycles. The molecular formula is C27H30N8O7. The number of nitrogens with zero attached hydrogens (tertiary/aromatic N) is 3. The Morgan fingerprint density at radius 1 is 1.00 bits per heavy atom. The molecule has 15 heteroatoms. The molecule has 2 aromatic carbocycles. The van der Waals surface area contributed by atoms with E-state index in [1.54, 1.807) is 24.3 Å². The van der Waals surface area contributed by atoms with Crippen LogP contribution < -0.4 is 27.7 Å². The maximum absolute atomic E-state index is 12.3. The number of aliphatic carboxylic acids is 2. The van der Waals surface area contributed by atoms with Crippen molar-refractivity contribution >= 4 is 40.6 Å². The van der Waals surface area contributed by atoms with E-state index < -0.39 is 29.4 Å². The predicted molar refractivity (Wildman–Crippen MR) is 153 cm³/mol. The van der Waals surface area contributed by atoms with E-state index >= 15 is 0 Å². The number of rotatable bonds is 11. The number of carboxylic acid groups (broad SMARTS) is 2. The van der Waals surface area contributed by atoms with Crippen molar-refractivity contribution in [3.05, 3.63) is 81.9 Å². The second-order valence-corrected chi connectivity index (χ2v) is 8.92. The van der Waals surface area contributed by atoms with Gasteiger partial charge in [0.15, 0.2) is 11.2 Å². The molecule has 4 rings (SSSR count). The number of anilines is 2. The van der Waals surface area contributed by atoms with Gasteiger partial charge < -0.3 is 37.4 Å². The van der Waals surface area contributed by atoms with Crippen molar-refractivity contribution in [3.63, 3.8) is 0 Å². The van der Waals surface area contributed by atoms with E-state index in [2.05, 4.69) is 30.6 Å². The van der Waals surface area contributed by atoms with Crippen molar-refractivity contribution in [1.82, 2.24) is 25.3 Å². The summed E-state index contributed by atoms with van der Waals surface area (Å²) in [6, 6.07) is 12.0. The molecule has 42 heavy (non-hydrogen) atoms. The first-order valence-electron chi connectivity index (χ1n) is 12.6. The van der Waals surface area contributed by atoms with Gasteiger partial charge in [-0.2, -0.15) is 4.98 Å². The van der Waals surface area contributed by atoms with Crippen LogP contribution in [0.15, 0.2) is 59.5 Å². The Kier molecular flexibility index (Phi) is 10.8. The van der Waals surface area contributed by atoms with Crippen molar-refractivity contribution < 1.29 is 29.7 Å². The fourth-order valence-corrected chi connectivity index (χ4v) is 3.58. The molecule has 0 saturated heterocycles. The van der Waals surface area contributed by atoms with Gasteiger partial charge >= 0.3 is 11.9 Å². The maximum atomic E-state index is 12.3. The quantitative estimate of drug-likeness (QED) is 0.123. The molecule has 2 aromatic heterocycles. The van der Waals surface area contributed by atoms with Gasteiger partial charge in [0.05, 0.1) is 18.4 Å². The van der Waals surface area contributed by atoms with Crippen LogP contribution in [-0.2, 0) is 22.6 Å². The van der Waals surface area contributed by atoms with Gasteiger partial charge in [0.1, 0.15) is 11.8 Å². The number of carbonyl (C=O) groups excluding carboxylic acids is 1. The molecule has 0 radical (unpaired) electrons. The second kappa shape index (κ2) is 14.7. The molecule has 4 aromatic rings. The van der Waals surface area contributed by atoms with E-state index in [4.69, 9.17) is 26.8 Å². The molecule has 0 bridgehead atoms. The number of carboxylic acids is 2. The summed E-state index contributed by atoms with van der Waals surface area (Å²) in [5, 5.41) is 32.1. The molecular weight excluding hydrogens is 548 g/mol. The van der Waals surface area contributed by atoms with Crippen molar-refractivity contribution in [1.29, 1.82) is 0 Å². The Morgan fingerprint density at radius 3 is 2.31 bits per heavy atom. The maximum Gasteiger partial charge on any atom is 0.326 e. The average molecular weight is 579 g/mol. The van der Waals surface area contributed by atoms with Gasteiger partial charge in [0.25, 0.3) is 11.5 Å². The molecule has 1 atom stereocenters. The third-order valence-corrected chi connectivity index (χ3v) is 5.73. The van der Waals surface area contributed by atoms with E-state index in [9.17, 15) is 19.2 Å². The number of aromatic amines is 1. The number of amides is 1. The highest BCUT2D eigenvalue weighted by atomic mass is 16.4. The highest BCUT2D eigenvalue weighted by Crippen LogP contribution is 2.12. The van der Waals surface area contributed by atoms with E-state index in [1.807, 2.05) is 12.1 Å². The van der Waals surface area contributed by atoms with E-state index in [-0.39, 0.29) is 42.1 Å². The number of nitrogens with one attached hydrogen (secondary N) is 3. The number of hydrogen-bond acceptors (Lipinski definition) is 11. The second-order valence-electron chi connectivity index (χ2n) is 8.92. The fraction of sp³-hybridized carbons (Fsp3) is 0.222. The number of phenols is 1. The molecule has 15 nitrogen and oxygen atoms in total. The Morgan fingerprint density at radius 2 is 1.69 bits per heavy atom. The first-order valence-corrected chi connectivity index (χ1v) is 12.6. The van der Waals surface area contributed by atoms with Crippen LogP contribution in [0, 0.1) is 0 Å². The first-order chi connectivity index (χ1) is 20.0. The number of nitrogen functional groups attached to an aromatic ring is 1. The molecule has 0 aliphatic rings. The highest BCUT2D eigenvalue weighted by Gasteiger charge is 2.21. The summed E-state index contributed by atoms with van der Waals surface area (Å²) >= 11 is 0. The Labute approximate surface area is 238 Å². The Bertz CT molecular complexity index is 1590. The minimum atomic E-state index is -1.31. The van der Waals surface area contributed by atoms with Gasteiger partial charge in [-0.3, -0.25) is 19.4 Å². The summed E-state index contributed by atoms with van der Waals surface area (Å²) in [4.78, 5) is 60.6. The van der Waals surface area contributed by atoms with Gasteiger partial charge in [0, 0.05) is 17.7 Å². The molecule has 220 valence electrons. The highest BCUT2D eigenvalue weighted by molar-refractivity contribution is 5.97. The predicted octanol–water partition coefficient (Wildman–Crippen LogP) is 0.849. The van der Waals surface area contributed by atoms with Gasteiger partial charge in [-0.25, -0.2) is 14.8 Å². The minimum absolute atomic E-state index is 0.0524. The number of nitrogens with two attached hydrogens (primary N) is 2. The summed E-state index contributed by atoms with van der Waals surface area (Å²) in [5.41, 5.74) is 13.0. The van der Waals surface area contributed by atoms with Crippen LogP contribution in [0.4, 0.5) is 11.6 Å². The zero-order valence-corrected chi connectivity index (χ0v) is 22.3. The number of phenolic OH excluding ortho intramolecular Hbond substituents is 1. The van der Waals surface area contributed by atoms with Crippen molar-refractivity contribution in [2.45, 2.75) is 31.8 Å². The standard InChI is InChI=1S/C19H19N7O6.C8H11NO/c20-19-25-15-14(17(30)26-19)23-11(8-22-15)7-21-10-3-1-9(2-4-10)16(29)24-12(18(31)32)5-6-13(27)28;9-6-5-7-1-3-8(10)4-2-7/h1-4,8,12,21H,5-7H2,(H,24,29)(H,27,28)(H,31,32)(H3,20,22,25,26,30);1-4,10H,5-6,9H2/t12-;/m0./s1. The third-order valence-electron chi connectivity index (χ3n) is 5.73. The Hall–Kier alpha value is -5.57. The third kappa shape index (κ3) is 9.27. The number of aromatic nitrogens is 4. The molecule has 1 amide bonds. The molecule has 0 fully saturated rings. The van der Waals surface area contributed by atoms with E-state index in [1.165, 1.54) is 23.9 Å². The molecule has 0 aliphatic heterocycles. The number of hydrogen-bond donors (Lipinski definition) is 8. The summed E-state index contributed by atoms with van der Waals surface area (Å²) in [6.45, 7) is 0.888. The van der Waals surface area contributed by atoms with Crippen LogP contribution in [-0.4, -0.2) is 65.7 Å². The van der Waals surface area contributed by atoms with Gasteiger partial charge in [-0.15, -0.1) is 0 Å². The first kappa shape index (κ1) is 31.0. The van der Waals surface area contributed by atoms with Crippen LogP contribution in [0.3, 0.4) is 0 Å². The number of aromatic hydroxyl groups is 1. The van der Waals surface area contributed by atoms with Crippen molar-refractivity contribution in [2.24, 2.45) is 5.73 Å². The molecule has 0 unspecified atom stereocenters. The number of H-pyrrole nitrogens is 1. The van der Waals surface area contributed by atoms with Crippen LogP contribution in [0.5, 0.6) is 5.75 Å². The smallest absolute Gasteiger partial charge is 0.326 e. The van der Waals surface area contributed by atoms with Gasteiger partial charge in [-0.1, -0.05) is 12.1 Å². The molecule has 10 N–H and O–H groups in total. The summed E-state index contributed by atoms with van der Waals surface area (Å²) in [5.74, 6) is -2.85. The van der Waals surface area contributed by atoms with Crippen molar-refractivity contribution in [3.8, 4) is 5.75 Å². The minimum Gasteiger partial charge on any atom is -0.508 e. The fourth-order valence-electron chi connectivity index (χ4n) is 3.58. The van der Waals surface area contributed by atoms with Crippen LogP contribution in [0.2, 0.25) is 0 Å². The van der Waals surface area contributed by atoms with Crippen LogP contribution in [0.25, 0.3) is 11.2 Å². The molecule has 0 saturated carbocycles. The normalized spacial score (nSPS) is 11.2. The SMILES string of the molecule is NCCc1ccc(O)cc1.Nc1nc2ncc(CNc3ccc(C(=O)N[C@@H](CCC(=O)O)C(=O)O)cc3)nc2c(=O)[nH]1. The average Bonchev–Trinajstić information content (AvgIpc) is 2.96. The van der Waals surface area contributed by atoms with Gasteiger partial charge in [-0.05, 0) is 61.3 Å². The van der Waals surface area contributed by atoms with E-state index in [0.29, 0.717) is 23.7 Å². The number of fused-ring (bicyclic) bond motifs is 1. The lowest BCUT2D eigenvalue weighted by atomic mass is 10.1. The number of benzene rings is 2. The zero-order valence-electron chi connectivity index (χ0n) is 22.3. The summed E-state index contributed by atoms with van der Waals surface area (Å²) in [7, 11) is 0. The van der Waals surface area contributed by atoms with Crippen LogP contribution >= 0.6 is 0 Å². The van der Waals surface area contributed by atoms with Gasteiger partial charge in [0.2, 0.25) is 5.95 Å². The summed E-state index contributed by atoms with van der Waals surface area (Å²) in [6.07, 6.45) is 1.72. The van der Waals surface area contributed by atoms with Crippen LogP contribution in [0.1, 0.15) is 34.5 Å². The molecule has 0 spiro atoms. The monoisotopic (exact) mass is 578 g/mol. The lowest BCUT2D eigenvalue weighted by Crippen LogP contribution is -2.41. The largest absolute Gasteiger partial charge is 0.508 e. The topological polar surface area (TPSA) is 260 Å². The Balaban J connectivity index is 0.000000408.